The second-order valence-electron chi connectivity index (χ2n) is 6.63. The molecule has 1 aliphatic rings. The van der Waals surface area contributed by atoms with Gasteiger partial charge in [0.1, 0.15) is 5.82 Å². The third-order valence-electron chi connectivity index (χ3n) is 4.32. The minimum atomic E-state index is 0.454. The minimum Gasteiger partial charge on any atom is -0.380 e. The first-order valence-electron chi connectivity index (χ1n) is 8.53. The third kappa shape index (κ3) is 4.76. The van der Waals surface area contributed by atoms with Gasteiger partial charge >= 0.3 is 0 Å². The first-order chi connectivity index (χ1) is 11.7. The van der Waals surface area contributed by atoms with Gasteiger partial charge in [0.15, 0.2) is 0 Å². The van der Waals surface area contributed by atoms with E-state index in [9.17, 15) is 0 Å². The van der Waals surface area contributed by atoms with Gasteiger partial charge in [-0.25, -0.2) is 4.98 Å². The Morgan fingerprint density at radius 3 is 2.71 bits per heavy atom. The van der Waals surface area contributed by atoms with Crippen molar-refractivity contribution in [1.82, 2.24) is 14.9 Å². The number of aromatic nitrogens is 2. The van der Waals surface area contributed by atoms with E-state index < -0.39 is 0 Å². The second-order valence-corrected chi connectivity index (χ2v) is 6.63. The van der Waals surface area contributed by atoms with E-state index in [1.165, 1.54) is 5.56 Å². The molecule has 1 unspecified atom stereocenters. The summed E-state index contributed by atoms with van der Waals surface area (Å²) >= 11 is 0. The van der Waals surface area contributed by atoms with Crippen LogP contribution in [-0.4, -0.2) is 55.3 Å². The maximum Gasteiger partial charge on any atom is 0.146 e. The van der Waals surface area contributed by atoms with Crippen molar-refractivity contribution in [3.05, 3.63) is 54.0 Å². The summed E-state index contributed by atoms with van der Waals surface area (Å²) in [6.45, 7) is 4.59. The predicted molar refractivity (Wildman–Crippen MR) is 96.1 cm³/mol. The molecule has 0 radical (unpaired) electrons. The van der Waals surface area contributed by atoms with Crippen molar-refractivity contribution in [2.75, 3.05) is 45.3 Å². The molecule has 1 atom stereocenters. The van der Waals surface area contributed by atoms with Crippen molar-refractivity contribution in [3.63, 3.8) is 0 Å². The largest absolute Gasteiger partial charge is 0.380 e. The van der Waals surface area contributed by atoms with Crippen molar-refractivity contribution in [1.29, 1.82) is 0 Å². The van der Waals surface area contributed by atoms with Crippen LogP contribution in [0.3, 0.4) is 0 Å². The number of hydrogen-bond donors (Lipinski definition) is 0. The number of ether oxygens (including phenoxy) is 1. The molecule has 5 nitrogen and oxygen atoms in total. The molecule has 128 valence electrons. The lowest BCUT2D eigenvalue weighted by Crippen LogP contribution is -2.30. The lowest BCUT2D eigenvalue weighted by atomic mass is 10.0. The van der Waals surface area contributed by atoms with Gasteiger partial charge in [0, 0.05) is 39.6 Å². The molecule has 1 aromatic heterocycles. The zero-order chi connectivity index (χ0) is 16.8. The third-order valence-corrected chi connectivity index (χ3v) is 4.32. The summed E-state index contributed by atoms with van der Waals surface area (Å²) in [6, 6.07) is 10.6. The molecular weight excluding hydrogens is 300 g/mol. The highest BCUT2D eigenvalue weighted by Crippen LogP contribution is 2.15. The number of rotatable bonds is 5. The molecule has 0 aliphatic carbocycles. The summed E-state index contributed by atoms with van der Waals surface area (Å²) in [6.07, 6.45) is 4.64. The summed E-state index contributed by atoms with van der Waals surface area (Å²) in [4.78, 5) is 13.5. The standard InChI is InChI=1S/C19H26N4O/c1-22(2)19-12-20-18(11-21-19)10-17-14-23(8-9-24-15-17)13-16-6-4-3-5-7-16/h3-7,11-12,17H,8-10,13-15H2,1-2H3. The Bertz CT molecular complexity index is 615. The first-order valence-corrected chi connectivity index (χ1v) is 8.53. The van der Waals surface area contributed by atoms with Crippen LogP contribution in [0.1, 0.15) is 11.3 Å². The van der Waals surface area contributed by atoms with Gasteiger partial charge in [-0.1, -0.05) is 30.3 Å². The Hall–Kier alpha value is -1.98. The highest BCUT2D eigenvalue weighted by atomic mass is 16.5. The monoisotopic (exact) mass is 326 g/mol. The number of anilines is 1. The van der Waals surface area contributed by atoms with E-state index in [4.69, 9.17) is 4.74 Å². The average Bonchev–Trinajstić information content (AvgIpc) is 2.81. The number of benzene rings is 1. The maximum absolute atomic E-state index is 5.81. The smallest absolute Gasteiger partial charge is 0.146 e. The first kappa shape index (κ1) is 16.9. The van der Waals surface area contributed by atoms with Gasteiger partial charge < -0.3 is 9.64 Å². The van der Waals surface area contributed by atoms with Gasteiger partial charge in [-0.3, -0.25) is 9.88 Å². The Labute approximate surface area is 144 Å². The fraction of sp³-hybridized carbons (Fsp3) is 0.474. The van der Waals surface area contributed by atoms with Gasteiger partial charge in [0.25, 0.3) is 0 Å². The molecule has 1 saturated heterocycles. The fourth-order valence-corrected chi connectivity index (χ4v) is 3.04. The summed E-state index contributed by atoms with van der Waals surface area (Å²) < 4.78 is 5.81. The highest BCUT2D eigenvalue weighted by Gasteiger charge is 2.20. The fourth-order valence-electron chi connectivity index (χ4n) is 3.04. The quantitative estimate of drug-likeness (QED) is 0.843. The van der Waals surface area contributed by atoms with E-state index >= 15 is 0 Å². The normalized spacial score (nSPS) is 19.0. The molecule has 3 rings (SSSR count). The van der Waals surface area contributed by atoms with Gasteiger partial charge in [0.2, 0.25) is 0 Å². The van der Waals surface area contributed by atoms with Crippen LogP contribution >= 0.6 is 0 Å². The van der Waals surface area contributed by atoms with Crippen LogP contribution in [0.5, 0.6) is 0 Å². The van der Waals surface area contributed by atoms with Crippen molar-refractivity contribution in [2.24, 2.45) is 5.92 Å². The zero-order valence-corrected chi connectivity index (χ0v) is 14.6. The molecule has 0 spiro atoms. The summed E-state index contributed by atoms with van der Waals surface area (Å²) in [7, 11) is 3.95. The highest BCUT2D eigenvalue weighted by molar-refractivity contribution is 5.32. The average molecular weight is 326 g/mol. The van der Waals surface area contributed by atoms with Gasteiger partial charge in [0.05, 0.1) is 31.3 Å². The van der Waals surface area contributed by atoms with Crippen LogP contribution in [0.25, 0.3) is 0 Å². The molecular formula is C19H26N4O. The van der Waals surface area contributed by atoms with E-state index in [0.29, 0.717) is 5.92 Å². The van der Waals surface area contributed by atoms with E-state index in [2.05, 4.69) is 45.2 Å². The Morgan fingerprint density at radius 1 is 1.17 bits per heavy atom. The molecule has 24 heavy (non-hydrogen) atoms. The van der Waals surface area contributed by atoms with Crippen LogP contribution in [0, 0.1) is 5.92 Å². The van der Waals surface area contributed by atoms with E-state index in [0.717, 1.165) is 50.8 Å². The van der Waals surface area contributed by atoms with Crippen LogP contribution in [0.4, 0.5) is 5.82 Å². The Balaban J connectivity index is 1.60. The van der Waals surface area contributed by atoms with Gasteiger partial charge in [-0.15, -0.1) is 0 Å². The van der Waals surface area contributed by atoms with Crippen LogP contribution in [-0.2, 0) is 17.7 Å². The van der Waals surface area contributed by atoms with Crippen molar-refractivity contribution < 1.29 is 4.74 Å². The maximum atomic E-state index is 5.81. The van der Waals surface area contributed by atoms with Crippen LogP contribution < -0.4 is 4.90 Å². The molecule has 0 amide bonds. The molecule has 0 N–H and O–H groups in total. The van der Waals surface area contributed by atoms with Crippen LogP contribution in [0.2, 0.25) is 0 Å². The lowest BCUT2D eigenvalue weighted by molar-refractivity contribution is 0.121. The molecule has 1 fully saturated rings. The Kier molecular flexibility index (Phi) is 5.77. The molecule has 1 aromatic carbocycles. The number of nitrogens with zero attached hydrogens (tertiary/aromatic N) is 4. The molecule has 0 bridgehead atoms. The zero-order valence-electron chi connectivity index (χ0n) is 14.6. The van der Waals surface area contributed by atoms with Crippen molar-refractivity contribution in [3.8, 4) is 0 Å². The second kappa shape index (κ2) is 8.22. The van der Waals surface area contributed by atoms with E-state index in [-0.39, 0.29) is 0 Å². The summed E-state index contributed by atoms with van der Waals surface area (Å²) in [5.74, 6) is 1.34. The van der Waals surface area contributed by atoms with Gasteiger partial charge in [-0.05, 0) is 12.0 Å². The molecule has 1 aliphatic heterocycles. The Morgan fingerprint density at radius 2 is 2.00 bits per heavy atom. The number of hydrogen-bond acceptors (Lipinski definition) is 5. The van der Waals surface area contributed by atoms with Crippen molar-refractivity contribution >= 4 is 5.82 Å². The molecule has 2 heterocycles. The SMILES string of the molecule is CN(C)c1cnc(CC2COCCN(Cc3ccccc3)C2)cn1. The topological polar surface area (TPSA) is 41.5 Å². The lowest BCUT2D eigenvalue weighted by Gasteiger charge is -2.23. The van der Waals surface area contributed by atoms with Crippen molar-refractivity contribution in [2.45, 2.75) is 13.0 Å². The van der Waals surface area contributed by atoms with Gasteiger partial charge in [-0.2, -0.15) is 0 Å². The molecule has 5 heteroatoms. The van der Waals surface area contributed by atoms with E-state index in [1.54, 1.807) is 0 Å². The molecule has 0 saturated carbocycles. The summed E-state index contributed by atoms with van der Waals surface area (Å²) in [5, 5.41) is 0. The minimum absolute atomic E-state index is 0.454. The molecule has 2 aromatic rings. The van der Waals surface area contributed by atoms with Crippen LogP contribution in [0.15, 0.2) is 42.7 Å². The van der Waals surface area contributed by atoms with E-state index in [1.807, 2.05) is 31.4 Å². The predicted octanol–water partition coefficient (Wildman–Crippen LogP) is 2.23. The summed E-state index contributed by atoms with van der Waals surface area (Å²) in [5.41, 5.74) is 2.39.